The van der Waals surface area contributed by atoms with Gasteiger partial charge in [0.15, 0.2) is 0 Å². The Labute approximate surface area is 180 Å². The summed E-state index contributed by atoms with van der Waals surface area (Å²) in [5.41, 5.74) is 10.9. The molecule has 6 N–H and O–H groups in total. The Morgan fingerprint density at radius 2 is 1.37 bits per heavy atom. The second-order valence-electron chi connectivity index (χ2n) is 7.91. The maximum atomic E-state index is 12.7. The molecule has 30 heavy (non-hydrogen) atoms. The highest BCUT2D eigenvalue weighted by atomic mass is 16.3. The van der Waals surface area contributed by atoms with E-state index in [1.165, 1.54) is 63.5 Å². The van der Waals surface area contributed by atoms with Gasteiger partial charge in [0.2, 0.25) is 0 Å². The molecule has 1 aromatic rings. The van der Waals surface area contributed by atoms with Crippen molar-refractivity contribution >= 4 is 11.8 Å². The molecule has 2 amide bonds. The smallest absolute Gasteiger partial charge is 0.264 e. The van der Waals surface area contributed by atoms with Crippen LogP contribution in [-0.2, 0) is 4.79 Å². The maximum Gasteiger partial charge on any atom is 0.264 e. The molecule has 0 aliphatic rings. The summed E-state index contributed by atoms with van der Waals surface area (Å²) in [7, 11) is 0. The van der Waals surface area contributed by atoms with Gasteiger partial charge in [-0.2, -0.15) is 0 Å². The zero-order valence-electron chi connectivity index (χ0n) is 18.3. The Balaban J connectivity index is 2.37. The molecule has 7 heteroatoms. The Hall–Kier alpha value is -2.12. The highest BCUT2D eigenvalue weighted by molar-refractivity contribution is 6.07. The van der Waals surface area contributed by atoms with E-state index in [-0.39, 0.29) is 17.9 Å². The van der Waals surface area contributed by atoms with Crippen LogP contribution >= 0.6 is 0 Å². The number of amides is 2. The minimum Gasteiger partial charge on any atom is -0.508 e. The molecule has 0 radical (unpaired) electrons. The summed E-state index contributed by atoms with van der Waals surface area (Å²) in [6.45, 7) is 2.42. The summed E-state index contributed by atoms with van der Waals surface area (Å²) < 4.78 is 0. The number of imide groups is 1. The van der Waals surface area contributed by atoms with Crippen LogP contribution in [0.5, 0.6) is 11.5 Å². The van der Waals surface area contributed by atoms with Crippen molar-refractivity contribution in [1.82, 2.24) is 4.90 Å². The third-order valence-corrected chi connectivity index (χ3v) is 5.24. The van der Waals surface area contributed by atoms with Gasteiger partial charge in [0.25, 0.3) is 11.8 Å². The van der Waals surface area contributed by atoms with Gasteiger partial charge in [0.1, 0.15) is 17.7 Å². The zero-order valence-corrected chi connectivity index (χ0v) is 18.3. The number of phenols is 2. The molecule has 7 nitrogen and oxygen atoms in total. The zero-order chi connectivity index (χ0) is 22.4. The summed E-state index contributed by atoms with van der Waals surface area (Å²) in [5, 5.41) is 19.3. The summed E-state index contributed by atoms with van der Waals surface area (Å²) in [6.07, 6.45) is 12.8. The van der Waals surface area contributed by atoms with Crippen molar-refractivity contribution in [3.8, 4) is 11.5 Å². The van der Waals surface area contributed by atoms with Crippen LogP contribution in [0.3, 0.4) is 0 Å². The topological polar surface area (TPSA) is 130 Å². The Bertz CT molecular complexity index is 649. The Morgan fingerprint density at radius 3 is 1.83 bits per heavy atom. The van der Waals surface area contributed by atoms with Crippen molar-refractivity contribution in [2.75, 3.05) is 6.54 Å². The molecule has 1 aromatic carbocycles. The number of hydrogen-bond donors (Lipinski definition) is 4. The van der Waals surface area contributed by atoms with Crippen molar-refractivity contribution in [3.63, 3.8) is 0 Å². The van der Waals surface area contributed by atoms with E-state index in [9.17, 15) is 19.8 Å². The fourth-order valence-corrected chi connectivity index (χ4v) is 3.45. The molecule has 0 aliphatic heterocycles. The molecular formula is C23H39N3O4. The lowest BCUT2D eigenvalue weighted by atomic mass is 10.1. The lowest BCUT2D eigenvalue weighted by molar-refractivity contribution is -0.129. The summed E-state index contributed by atoms with van der Waals surface area (Å²) >= 11 is 0. The first kappa shape index (κ1) is 25.9. The number of phenolic OH excluding ortho intramolecular Hbond substituents is 2. The number of nitrogens with zero attached hydrogens (tertiary/aromatic N) is 1. The average Bonchev–Trinajstić information content (AvgIpc) is 2.70. The van der Waals surface area contributed by atoms with Crippen LogP contribution in [0.4, 0.5) is 0 Å². The van der Waals surface area contributed by atoms with Crippen molar-refractivity contribution < 1.29 is 19.8 Å². The largest absolute Gasteiger partial charge is 0.508 e. The van der Waals surface area contributed by atoms with E-state index in [4.69, 9.17) is 11.5 Å². The highest BCUT2D eigenvalue weighted by Crippen LogP contribution is 2.24. The van der Waals surface area contributed by atoms with Crippen molar-refractivity contribution in [2.45, 2.75) is 90.1 Å². The number of nitrogens with two attached hydrogens (primary N) is 2. The maximum absolute atomic E-state index is 12.7. The predicted octanol–water partition coefficient (Wildman–Crippen LogP) is 4.01. The first-order chi connectivity index (χ1) is 14.4. The van der Waals surface area contributed by atoms with Crippen LogP contribution in [-0.4, -0.2) is 39.6 Å². The van der Waals surface area contributed by atoms with E-state index in [0.717, 1.165) is 30.2 Å². The molecule has 170 valence electrons. The van der Waals surface area contributed by atoms with Gasteiger partial charge in [0.05, 0.1) is 5.56 Å². The molecule has 0 heterocycles. The number of unbranched alkanes of at least 4 members (excludes halogenated alkanes) is 11. The van der Waals surface area contributed by atoms with Crippen molar-refractivity contribution in [1.29, 1.82) is 0 Å². The molecule has 0 spiro atoms. The molecule has 0 atom stereocenters. The monoisotopic (exact) mass is 421 g/mol. The lowest BCUT2D eigenvalue weighted by Crippen LogP contribution is -2.51. The van der Waals surface area contributed by atoms with Gasteiger partial charge < -0.3 is 21.7 Å². The normalized spacial score (nSPS) is 11.1. The Kier molecular flexibility index (Phi) is 12.8. The van der Waals surface area contributed by atoms with E-state index in [0.29, 0.717) is 6.42 Å². The molecular weight excluding hydrogens is 382 g/mol. The van der Waals surface area contributed by atoms with Crippen LogP contribution < -0.4 is 11.5 Å². The number of carbonyl (C=O) groups is 2. The van der Waals surface area contributed by atoms with Gasteiger partial charge in [-0.1, -0.05) is 77.6 Å². The second-order valence-corrected chi connectivity index (χ2v) is 7.91. The summed E-state index contributed by atoms with van der Waals surface area (Å²) in [5.74, 6) is -1.91. The fourth-order valence-electron chi connectivity index (χ4n) is 3.45. The number of aromatic hydroxyl groups is 2. The van der Waals surface area contributed by atoms with Crippen LogP contribution in [0.25, 0.3) is 0 Å². The molecule has 1 rings (SSSR count). The van der Waals surface area contributed by atoms with E-state index in [2.05, 4.69) is 6.92 Å². The van der Waals surface area contributed by atoms with Gasteiger partial charge in [-0.05, 0) is 18.6 Å². The van der Waals surface area contributed by atoms with Gasteiger partial charge in [-0.15, -0.1) is 0 Å². The standard InChI is InChI=1S/C23H39N3O4/c1-2-3-4-5-6-7-8-9-10-11-12-13-16-26(23(30)21(24)25)22(29)19-15-14-18(27)17-20(19)28/h14-15,17,21,27-28H,2-13,16,24-25H2,1H3. The van der Waals surface area contributed by atoms with Crippen LogP contribution in [0, 0.1) is 0 Å². The molecule has 0 unspecified atom stereocenters. The highest BCUT2D eigenvalue weighted by Gasteiger charge is 2.27. The fraction of sp³-hybridized carbons (Fsp3) is 0.652. The molecule has 0 fully saturated rings. The number of rotatable bonds is 15. The van der Waals surface area contributed by atoms with Crippen LogP contribution in [0.15, 0.2) is 18.2 Å². The van der Waals surface area contributed by atoms with Gasteiger partial charge in [-0.3, -0.25) is 14.5 Å². The first-order valence-corrected chi connectivity index (χ1v) is 11.3. The third-order valence-electron chi connectivity index (χ3n) is 5.24. The van der Waals surface area contributed by atoms with E-state index in [1.54, 1.807) is 0 Å². The van der Waals surface area contributed by atoms with Crippen molar-refractivity contribution in [3.05, 3.63) is 23.8 Å². The predicted molar refractivity (Wildman–Crippen MR) is 119 cm³/mol. The molecule has 0 saturated carbocycles. The number of carbonyl (C=O) groups excluding carboxylic acids is 2. The first-order valence-electron chi connectivity index (χ1n) is 11.3. The Morgan fingerprint density at radius 1 is 0.867 bits per heavy atom. The van der Waals surface area contributed by atoms with Gasteiger partial charge in [-0.25, -0.2) is 0 Å². The van der Waals surface area contributed by atoms with E-state index in [1.807, 2.05) is 0 Å². The van der Waals surface area contributed by atoms with Gasteiger partial charge in [0, 0.05) is 12.6 Å². The van der Waals surface area contributed by atoms with E-state index < -0.39 is 23.7 Å². The second kappa shape index (κ2) is 14.8. The number of hydrogen-bond acceptors (Lipinski definition) is 6. The SMILES string of the molecule is CCCCCCCCCCCCCCN(C(=O)c1ccc(O)cc1O)C(=O)C(N)N. The minimum atomic E-state index is -1.30. The van der Waals surface area contributed by atoms with Crippen molar-refractivity contribution in [2.24, 2.45) is 11.5 Å². The van der Waals surface area contributed by atoms with Gasteiger partial charge >= 0.3 is 0 Å². The molecule has 0 aliphatic carbocycles. The molecule has 0 saturated heterocycles. The minimum absolute atomic E-state index is 0.0688. The third kappa shape index (κ3) is 9.59. The molecule has 0 bridgehead atoms. The quantitative estimate of drug-likeness (QED) is 0.250. The summed E-state index contributed by atoms with van der Waals surface area (Å²) in [6, 6.07) is 3.61. The van der Waals surface area contributed by atoms with Crippen LogP contribution in [0.2, 0.25) is 0 Å². The average molecular weight is 422 g/mol. The van der Waals surface area contributed by atoms with E-state index >= 15 is 0 Å². The lowest BCUT2D eigenvalue weighted by Gasteiger charge is -2.23. The molecule has 0 aromatic heterocycles. The summed E-state index contributed by atoms with van der Waals surface area (Å²) in [4.78, 5) is 26.0. The number of benzene rings is 1. The van der Waals surface area contributed by atoms with Crippen LogP contribution in [0.1, 0.15) is 94.3 Å².